The number of hydrogen-bond acceptors (Lipinski definition) is 2. The van der Waals surface area contributed by atoms with Crippen molar-refractivity contribution in [3.63, 3.8) is 0 Å². The van der Waals surface area contributed by atoms with Crippen molar-refractivity contribution in [2.45, 2.75) is 19.9 Å². The summed E-state index contributed by atoms with van der Waals surface area (Å²) < 4.78 is 31.2. The summed E-state index contributed by atoms with van der Waals surface area (Å²) in [7, 11) is 0. The van der Waals surface area contributed by atoms with E-state index in [1.54, 1.807) is 0 Å². The molecule has 1 heterocycles. The molecular weight excluding hydrogens is 228 g/mol. The van der Waals surface area contributed by atoms with Crippen LogP contribution in [0.4, 0.5) is 13.6 Å². The Morgan fingerprint density at radius 1 is 1.29 bits per heavy atom. The molecule has 0 aliphatic carbocycles. The molecule has 1 aliphatic rings. The third-order valence-electron chi connectivity index (χ3n) is 2.84. The summed E-state index contributed by atoms with van der Waals surface area (Å²) in [5.41, 5.74) is -0.0159. The number of amides is 1. The maximum atomic E-state index is 13.1. The summed E-state index contributed by atoms with van der Waals surface area (Å²) in [5, 5.41) is 2.58. The van der Waals surface area contributed by atoms with Gasteiger partial charge in [-0.1, -0.05) is 13.8 Å². The number of benzene rings is 1. The molecule has 1 atom stereocenters. The lowest BCUT2D eigenvalue weighted by Gasteiger charge is -2.38. The van der Waals surface area contributed by atoms with E-state index in [0.717, 1.165) is 6.07 Å². The Kier molecular flexibility index (Phi) is 2.77. The zero-order valence-electron chi connectivity index (χ0n) is 9.59. The Bertz CT molecular complexity index is 440. The zero-order valence-corrected chi connectivity index (χ0v) is 9.59. The minimum absolute atomic E-state index is 0.210. The molecule has 1 saturated heterocycles. The van der Waals surface area contributed by atoms with Crippen LogP contribution in [0, 0.1) is 17.0 Å². The zero-order chi connectivity index (χ0) is 12.6. The molecule has 1 aromatic rings. The lowest BCUT2D eigenvalue weighted by Crippen LogP contribution is -2.47. The van der Waals surface area contributed by atoms with Crippen LogP contribution < -0.4 is 5.32 Å². The fraction of sp³-hybridized carbons (Fsp3) is 0.417. The first-order valence-corrected chi connectivity index (χ1v) is 5.28. The highest BCUT2D eigenvalue weighted by molar-refractivity contribution is 5.69. The van der Waals surface area contributed by atoms with Crippen LogP contribution in [0.2, 0.25) is 0 Å². The van der Waals surface area contributed by atoms with E-state index in [-0.39, 0.29) is 6.61 Å². The molecular formula is C12H13F2NO2. The average molecular weight is 241 g/mol. The molecule has 1 aromatic carbocycles. The van der Waals surface area contributed by atoms with Crippen molar-refractivity contribution in [1.29, 1.82) is 0 Å². The molecule has 1 N–H and O–H groups in total. The van der Waals surface area contributed by atoms with Gasteiger partial charge < -0.3 is 10.1 Å². The van der Waals surface area contributed by atoms with Crippen molar-refractivity contribution < 1.29 is 18.3 Å². The monoisotopic (exact) mass is 241 g/mol. The van der Waals surface area contributed by atoms with E-state index in [0.29, 0.717) is 5.56 Å². The summed E-state index contributed by atoms with van der Waals surface area (Å²) >= 11 is 0. The van der Waals surface area contributed by atoms with E-state index >= 15 is 0 Å². The summed E-state index contributed by atoms with van der Waals surface area (Å²) in [5.74, 6) is -1.31. The average Bonchev–Trinajstić information content (AvgIpc) is 2.20. The number of carbonyl (C=O) groups is 1. The van der Waals surface area contributed by atoms with Gasteiger partial charge in [0.05, 0.1) is 6.04 Å². The van der Waals surface area contributed by atoms with Crippen molar-refractivity contribution in [3.05, 3.63) is 35.4 Å². The molecule has 2 rings (SSSR count). The third kappa shape index (κ3) is 2.38. The van der Waals surface area contributed by atoms with Crippen LogP contribution in [0.3, 0.4) is 0 Å². The van der Waals surface area contributed by atoms with Gasteiger partial charge >= 0.3 is 6.09 Å². The molecule has 92 valence electrons. The molecule has 1 fully saturated rings. The smallest absolute Gasteiger partial charge is 0.407 e. The quantitative estimate of drug-likeness (QED) is 0.821. The Hall–Kier alpha value is -1.65. The molecule has 0 saturated carbocycles. The van der Waals surface area contributed by atoms with Crippen molar-refractivity contribution in [3.8, 4) is 0 Å². The number of rotatable bonds is 1. The van der Waals surface area contributed by atoms with Gasteiger partial charge in [-0.3, -0.25) is 0 Å². The Morgan fingerprint density at radius 3 is 2.47 bits per heavy atom. The maximum absolute atomic E-state index is 13.1. The normalized spacial score (nSPS) is 22.8. The van der Waals surface area contributed by atoms with Gasteiger partial charge in [-0.15, -0.1) is 0 Å². The van der Waals surface area contributed by atoms with Crippen LogP contribution in [0.15, 0.2) is 18.2 Å². The predicted molar refractivity (Wildman–Crippen MR) is 57.4 cm³/mol. The van der Waals surface area contributed by atoms with Crippen LogP contribution in [0.25, 0.3) is 0 Å². The lowest BCUT2D eigenvalue weighted by atomic mass is 9.80. The summed E-state index contributed by atoms with van der Waals surface area (Å²) in [6, 6.07) is 2.79. The molecule has 0 bridgehead atoms. The van der Waals surface area contributed by atoms with Crippen molar-refractivity contribution in [2.75, 3.05) is 6.61 Å². The first kappa shape index (κ1) is 11.8. The van der Waals surface area contributed by atoms with Gasteiger partial charge in [0.15, 0.2) is 0 Å². The number of halogens is 2. The van der Waals surface area contributed by atoms with Crippen molar-refractivity contribution in [1.82, 2.24) is 5.32 Å². The van der Waals surface area contributed by atoms with Crippen LogP contribution in [0.1, 0.15) is 25.5 Å². The first-order chi connectivity index (χ1) is 7.88. The minimum atomic E-state index is -0.656. The molecule has 0 unspecified atom stereocenters. The Labute approximate surface area is 97.8 Å². The van der Waals surface area contributed by atoms with Gasteiger partial charge in [0.2, 0.25) is 0 Å². The summed E-state index contributed by atoms with van der Waals surface area (Å²) in [6.45, 7) is 3.93. The van der Waals surface area contributed by atoms with Crippen LogP contribution in [-0.4, -0.2) is 12.7 Å². The van der Waals surface area contributed by atoms with Gasteiger partial charge in [0.25, 0.3) is 0 Å². The van der Waals surface area contributed by atoms with E-state index in [4.69, 9.17) is 4.74 Å². The second kappa shape index (κ2) is 3.98. The molecule has 17 heavy (non-hydrogen) atoms. The molecule has 5 heteroatoms. The van der Waals surface area contributed by atoms with E-state index in [2.05, 4.69) is 5.32 Å². The third-order valence-corrected chi connectivity index (χ3v) is 2.84. The highest BCUT2D eigenvalue weighted by Gasteiger charge is 2.38. The Morgan fingerprint density at radius 2 is 1.88 bits per heavy atom. The highest BCUT2D eigenvalue weighted by Crippen LogP contribution is 2.36. The standard InChI is InChI=1S/C12H13F2NO2/c1-12(2)6-17-11(16)15-10(12)7-3-8(13)5-9(14)4-7/h3-5,10H,6H2,1-2H3,(H,15,16)/t10-/m0/s1. The minimum Gasteiger partial charge on any atom is -0.449 e. The fourth-order valence-electron chi connectivity index (χ4n) is 1.97. The Balaban J connectivity index is 2.39. The van der Waals surface area contributed by atoms with Crippen molar-refractivity contribution >= 4 is 6.09 Å². The fourth-order valence-corrected chi connectivity index (χ4v) is 1.97. The topological polar surface area (TPSA) is 38.3 Å². The van der Waals surface area contributed by atoms with Gasteiger partial charge in [0.1, 0.15) is 18.2 Å². The second-order valence-electron chi connectivity index (χ2n) is 4.84. The lowest BCUT2D eigenvalue weighted by molar-refractivity contribution is 0.0385. The second-order valence-corrected chi connectivity index (χ2v) is 4.84. The largest absolute Gasteiger partial charge is 0.449 e. The summed E-state index contributed by atoms with van der Waals surface area (Å²) in [6.07, 6.45) is -0.570. The number of nitrogens with one attached hydrogen (secondary N) is 1. The van der Waals surface area contributed by atoms with Crippen LogP contribution in [-0.2, 0) is 4.74 Å². The van der Waals surface area contributed by atoms with E-state index in [1.165, 1.54) is 12.1 Å². The summed E-state index contributed by atoms with van der Waals surface area (Å²) in [4.78, 5) is 11.2. The molecule has 0 aromatic heterocycles. The SMILES string of the molecule is CC1(C)COC(=O)N[C@H]1c1cc(F)cc(F)c1. The predicted octanol–water partition coefficient (Wildman–Crippen LogP) is 2.77. The molecule has 0 radical (unpaired) electrons. The van der Waals surface area contributed by atoms with Crippen molar-refractivity contribution in [2.24, 2.45) is 5.41 Å². The molecule has 1 amide bonds. The van der Waals surface area contributed by atoms with E-state index < -0.39 is 29.2 Å². The first-order valence-electron chi connectivity index (χ1n) is 5.28. The van der Waals surface area contributed by atoms with Gasteiger partial charge in [-0.25, -0.2) is 13.6 Å². The van der Waals surface area contributed by atoms with E-state index in [1.807, 2.05) is 13.8 Å². The van der Waals surface area contributed by atoms with Crippen LogP contribution >= 0.6 is 0 Å². The number of carbonyl (C=O) groups excluding carboxylic acids is 1. The van der Waals surface area contributed by atoms with Gasteiger partial charge in [-0.2, -0.15) is 0 Å². The van der Waals surface area contributed by atoms with Crippen LogP contribution in [0.5, 0.6) is 0 Å². The van der Waals surface area contributed by atoms with Gasteiger partial charge in [0, 0.05) is 11.5 Å². The molecule has 0 spiro atoms. The maximum Gasteiger partial charge on any atom is 0.407 e. The molecule has 1 aliphatic heterocycles. The highest BCUT2D eigenvalue weighted by atomic mass is 19.1. The number of ether oxygens (including phenoxy) is 1. The number of cyclic esters (lactones) is 1. The number of hydrogen-bond donors (Lipinski definition) is 1. The van der Waals surface area contributed by atoms with Gasteiger partial charge in [-0.05, 0) is 17.7 Å². The molecule has 3 nitrogen and oxygen atoms in total. The van der Waals surface area contributed by atoms with E-state index in [9.17, 15) is 13.6 Å². The number of alkyl carbamates (subject to hydrolysis) is 1.